The number of fused-ring (bicyclic) bond motifs is 2. The van der Waals surface area contributed by atoms with Crippen molar-refractivity contribution in [3.63, 3.8) is 0 Å². The molecule has 2 aliphatic rings. The molecule has 2 bridgehead atoms. The highest BCUT2D eigenvalue weighted by Gasteiger charge is 2.76. The van der Waals surface area contributed by atoms with Crippen molar-refractivity contribution in [3.8, 4) is 0 Å². The van der Waals surface area contributed by atoms with Crippen LogP contribution in [0.5, 0.6) is 0 Å². The minimum Gasteiger partial charge on any atom is -0.462 e. The van der Waals surface area contributed by atoms with Crippen LogP contribution >= 0.6 is 0 Å². The van der Waals surface area contributed by atoms with Gasteiger partial charge in [0.2, 0.25) is 0 Å². The van der Waals surface area contributed by atoms with Crippen molar-refractivity contribution in [3.05, 3.63) is 0 Å². The average molecular weight is 406 g/mol. The lowest BCUT2D eigenvalue weighted by molar-refractivity contribution is -0.357. The summed E-state index contributed by atoms with van der Waals surface area (Å²) < 4.78 is 83.6. The Morgan fingerprint density at radius 3 is 1.89 bits per heavy atom. The predicted octanol–water partition coefficient (Wildman–Crippen LogP) is 2.86. The molecule has 0 amide bonds. The second-order valence-corrected chi connectivity index (χ2v) is 7.23. The Morgan fingerprint density at radius 2 is 1.44 bits per heavy atom. The van der Waals surface area contributed by atoms with Crippen molar-refractivity contribution in [2.24, 2.45) is 29.6 Å². The molecule has 0 aromatic heterocycles. The number of carbonyl (C=O) groups excluding carboxylic acids is 2. The van der Waals surface area contributed by atoms with E-state index in [1.807, 2.05) is 6.92 Å². The molecule has 5 unspecified atom stereocenters. The minimum atomic E-state index is -6.31. The molecule has 0 aliphatic heterocycles. The van der Waals surface area contributed by atoms with Crippen molar-refractivity contribution in [1.29, 1.82) is 0 Å². The lowest BCUT2D eigenvalue weighted by atomic mass is 9.76. The molecule has 0 heterocycles. The number of aliphatic hydroxyl groups is 1. The van der Waals surface area contributed by atoms with Crippen LogP contribution < -0.4 is 0 Å². The maximum atomic E-state index is 12.5. The highest BCUT2D eigenvalue weighted by atomic mass is 19.4. The molecule has 0 spiro atoms. The summed E-state index contributed by atoms with van der Waals surface area (Å²) in [5.74, 6) is -2.61. The highest BCUT2D eigenvalue weighted by molar-refractivity contribution is 5.81. The summed E-state index contributed by atoms with van der Waals surface area (Å²) in [6, 6.07) is 0. The van der Waals surface area contributed by atoms with E-state index < -0.39 is 43.1 Å². The Morgan fingerprint density at radius 1 is 0.926 bits per heavy atom. The summed E-state index contributed by atoms with van der Waals surface area (Å²) >= 11 is 0. The molecule has 156 valence electrons. The second-order valence-electron chi connectivity index (χ2n) is 7.23. The van der Waals surface area contributed by atoms with Crippen LogP contribution in [0.4, 0.5) is 26.3 Å². The summed E-state index contributed by atoms with van der Waals surface area (Å²) in [4.78, 5) is 23.3. The molecule has 2 aliphatic carbocycles. The van der Waals surface area contributed by atoms with Gasteiger partial charge in [-0.25, -0.2) is 4.79 Å². The van der Waals surface area contributed by atoms with E-state index in [-0.39, 0.29) is 11.8 Å². The molecule has 2 saturated carbocycles. The van der Waals surface area contributed by atoms with Gasteiger partial charge in [-0.05, 0) is 36.5 Å². The van der Waals surface area contributed by atoms with Crippen molar-refractivity contribution in [2.45, 2.75) is 44.6 Å². The van der Waals surface area contributed by atoms with Gasteiger partial charge in [-0.15, -0.1) is 0 Å². The number of hydrogen-bond acceptors (Lipinski definition) is 5. The summed E-state index contributed by atoms with van der Waals surface area (Å²) in [6.45, 7) is 2.38. The normalized spacial score (nSPS) is 31.1. The number of halogens is 6. The van der Waals surface area contributed by atoms with Gasteiger partial charge in [0.25, 0.3) is 0 Å². The van der Waals surface area contributed by atoms with Gasteiger partial charge in [0, 0.05) is 0 Å². The van der Waals surface area contributed by atoms with Gasteiger partial charge in [-0.3, -0.25) is 4.79 Å². The average Bonchev–Trinajstić information content (AvgIpc) is 3.08. The molecule has 11 heteroatoms. The third kappa shape index (κ3) is 3.74. The molecular formula is C16H20F6O5. The van der Waals surface area contributed by atoms with E-state index in [9.17, 15) is 35.9 Å². The number of rotatable bonds is 5. The van der Waals surface area contributed by atoms with Crippen molar-refractivity contribution in [2.75, 3.05) is 13.2 Å². The zero-order valence-electron chi connectivity index (χ0n) is 14.6. The molecular weight excluding hydrogens is 386 g/mol. The zero-order chi connectivity index (χ0) is 20.8. The van der Waals surface area contributed by atoms with Gasteiger partial charge >= 0.3 is 29.9 Å². The van der Waals surface area contributed by atoms with E-state index in [4.69, 9.17) is 9.84 Å². The Labute approximate surface area is 151 Å². The Bertz CT molecular complexity index is 571. The summed E-state index contributed by atoms with van der Waals surface area (Å²) in [5.41, 5.74) is -5.64. The Hall–Kier alpha value is -1.52. The van der Waals surface area contributed by atoms with Crippen LogP contribution in [-0.2, 0) is 19.1 Å². The summed E-state index contributed by atoms with van der Waals surface area (Å²) in [6.07, 6.45) is -11.1. The first kappa shape index (κ1) is 21.8. The van der Waals surface area contributed by atoms with Crippen LogP contribution in [0.3, 0.4) is 0 Å². The predicted molar refractivity (Wildman–Crippen MR) is 77.0 cm³/mol. The van der Waals surface area contributed by atoms with E-state index >= 15 is 0 Å². The van der Waals surface area contributed by atoms with Crippen molar-refractivity contribution >= 4 is 11.9 Å². The fourth-order valence-corrected chi connectivity index (χ4v) is 4.09. The van der Waals surface area contributed by atoms with Gasteiger partial charge in [-0.1, -0.05) is 13.8 Å². The van der Waals surface area contributed by atoms with Gasteiger partial charge in [0.05, 0.1) is 5.92 Å². The molecule has 0 aromatic carbocycles. The number of alkyl halides is 6. The minimum absolute atomic E-state index is 0.126. The van der Waals surface area contributed by atoms with E-state index in [2.05, 4.69) is 11.7 Å². The first-order valence-corrected chi connectivity index (χ1v) is 8.41. The fraction of sp³-hybridized carbons (Fsp3) is 0.875. The molecule has 2 rings (SSSR count). The van der Waals surface area contributed by atoms with Crippen molar-refractivity contribution in [1.82, 2.24) is 0 Å². The number of carbonyl (C=O) groups is 2. The van der Waals surface area contributed by atoms with Crippen LogP contribution in [0.1, 0.15) is 26.7 Å². The third-order valence-corrected chi connectivity index (χ3v) is 5.88. The molecule has 5 atom stereocenters. The topological polar surface area (TPSA) is 72.8 Å². The Kier molecular flexibility index (Phi) is 5.76. The second kappa shape index (κ2) is 7.14. The van der Waals surface area contributed by atoms with Crippen LogP contribution in [0, 0.1) is 29.6 Å². The monoisotopic (exact) mass is 406 g/mol. The van der Waals surface area contributed by atoms with Crippen molar-refractivity contribution < 1.29 is 50.5 Å². The lowest BCUT2D eigenvalue weighted by Gasteiger charge is -2.30. The fourth-order valence-electron chi connectivity index (χ4n) is 4.09. The van der Waals surface area contributed by atoms with Gasteiger partial charge in [-0.2, -0.15) is 26.3 Å². The number of ether oxygens (including phenoxy) is 2. The van der Waals surface area contributed by atoms with Crippen LogP contribution in [-0.4, -0.2) is 48.2 Å². The number of hydrogen-bond donors (Lipinski definition) is 1. The van der Waals surface area contributed by atoms with Gasteiger partial charge in [0.15, 0.2) is 0 Å². The zero-order valence-corrected chi connectivity index (χ0v) is 14.6. The van der Waals surface area contributed by atoms with Crippen LogP contribution in [0.25, 0.3) is 0 Å². The quantitative estimate of drug-likeness (QED) is 0.432. The summed E-state index contributed by atoms with van der Waals surface area (Å²) in [7, 11) is 0. The van der Waals surface area contributed by atoms with Crippen LogP contribution in [0.15, 0.2) is 0 Å². The van der Waals surface area contributed by atoms with E-state index in [1.54, 1.807) is 0 Å². The third-order valence-electron chi connectivity index (χ3n) is 5.88. The van der Waals surface area contributed by atoms with Gasteiger partial charge < -0.3 is 14.6 Å². The molecule has 0 aromatic rings. The maximum absolute atomic E-state index is 12.5. The van der Waals surface area contributed by atoms with E-state index in [0.717, 1.165) is 6.42 Å². The molecule has 0 radical (unpaired) electrons. The maximum Gasteiger partial charge on any atom is 0.437 e. The molecule has 1 N–H and O–H groups in total. The molecule has 5 nitrogen and oxygen atoms in total. The molecule has 2 fully saturated rings. The van der Waals surface area contributed by atoms with E-state index in [1.165, 1.54) is 0 Å². The van der Waals surface area contributed by atoms with E-state index in [0.29, 0.717) is 24.2 Å². The highest BCUT2D eigenvalue weighted by Crippen LogP contribution is 2.55. The summed E-state index contributed by atoms with van der Waals surface area (Å²) in [5, 5.41) is 8.83. The first-order chi connectivity index (χ1) is 12.2. The number of esters is 2. The van der Waals surface area contributed by atoms with Crippen LogP contribution in [0.2, 0.25) is 0 Å². The largest absolute Gasteiger partial charge is 0.462 e. The standard InChI is InChI=1S/C16H20F6O5/c1-7-8(2)10-5-9(7)6-11(10)12(23)26-3-4-27-13(24)14(25,15(17,18)19)16(20,21)22/h7-11,25H,3-6H2,1-2H3. The smallest absolute Gasteiger partial charge is 0.437 e. The SMILES string of the molecule is CC1C2CC(C(=O)OCCOC(=O)C(O)(C(F)(F)F)C(F)(F)F)C(C2)C1C. The lowest BCUT2D eigenvalue weighted by Crippen LogP contribution is -2.63. The molecule has 27 heavy (non-hydrogen) atoms. The van der Waals surface area contributed by atoms with Gasteiger partial charge in [0.1, 0.15) is 13.2 Å². The molecule has 0 saturated heterocycles. The Balaban J connectivity index is 1.84. The first-order valence-electron chi connectivity index (χ1n) is 8.41.